The van der Waals surface area contributed by atoms with E-state index < -0.39 is 15.7 Å². The van der Waals surface area contributed by atoms with Crippen molar-refractivity contribution in [3.63, 3.8) is 0 Å². The average Bonchev–Trinajstić information content (AvgIpc) is 3.32. The SMILES string of the molecule is CC(C)CS(=O)(=O)C1=NN2C(=N)/C(=C\c3ccc(-c4ccccc4Cl)o3)C(=O)N=C2S1. The molecule has 0 bridgehead atoms. The Morgan fingerprint density at radius 3 is 2.71 bits per heavy atom. The molecule has 160 valence electrons. The number of sulfone groups is 1. The van der Waals surface area contributed by atoms with E-state index in [1.54, 1.807) is 44.2 Å². The van der Waals surface area contributed by atoms with E-state index in [2.05, 4.69) is 10.1 Å². The lowest BCUT2D eigenvalue weighted by Crippen LogP contribution is -2.35. The van der Waals surface area contributed by atoms with Crippen molar-refractivity contribution in [3.8, 4) is 11.3 Å². The number of carbonyl (C=O) groups is 1. The van der Waals surface area contributed by atoms with E-state index in [1.807, 2.05) is 6.07 Å². The maximum atomic E-state index is 12.5. The summed E-state index contributed by atoms with van der Waals surface area (Å²) in [6.07, 6.45) is 1.38. The standard InChI is InChI=1S/C20H17ClN4O4S2/c1-11(2)10-31(27,28)20-24-25-17(22)14(18(26)23-19(25)30-20)9-12-7-8-16(29-12)13-5-3-4-6-15(13)21/h3-9,11,22H,10H2,1-2H3/b14-9+,22-17?. The van der Waals surface area contributed by atoms with Crippen molar-refractivity contribution in [1.29, 1.82) is 5.41 Å². The van der Waals surface area contributed by atoms with Crippen molar-refractivity contribution in [2.24, 2.45) is 16.0 Å². The van der Waals surface area contributed by atoms with Crippen molar-refractivity contribution < 1.29 is 17.6 Å². The summed E-state index contributed by atoms with van der Waals surface area (Å²) in [5.74, 6) is -0.277. The highest BCUT2D eigenvalue weighted by atomic mass is 35.5. The molecule has 1 N–H and O–H groups in total. The summed E-state index contributed by atoms with van der Waals surface area (Å²) >= 11 is 6.97. The van der Waals surface area contributed by atoms with Crippen molar-refractivity contribution in [1.82, 2.24) is 5.01 Å². The molecule has 0 fully saturated rings. The van der Waals surface area contributed by atoms with Crippen LogP contribution in [0.2, 0.25) is 5.02 Å². The molecule has 8 nitrogen and oxygen atoms in total. The summed E-state index contributed by atoms with van der Waals surface area (Å²) < 4.78 is 30.6. The van der Waals surface area contributed by atoms with Crippen LogP contribution in [0.15, 0.2) is 56.5 Å². The Morgan fingerprint density at radius 2 is 2.00 bits per heavy atom. The predicted octanol–water partition coefficient (Wildman–Crippen LogP) is 4.25. The fraction of sp³-hybridized carbons (Fsp3) is 0.200. The Labute approximate surface area is 188 Å². The molecule has 1 aromatic carbocycles. The molecule has 4 rings (SSSR count). The van der Waals surface area contributed by atoms with Gasteiger partial charge < -0.3 is 4.42 Å². The maximum Gasteiger partial charge on any atom is 0.283 e. The zero-order valence-corrected chi connectivity index (χ0v) is 18.9. The molecule has 2 aliphatic rings. The minimum absolute atomic E-state index is 0.0469. The molecular formula is C20H17ClN4O4S2. The van der Waals surface area contributed by atoms with Crippen molar-refractivity contribution in [2.75, 3.05) is 5.75 Å². The first-order chi connectivity index (χ1) is 14.7. The topological polar surface area (TPSA) is 116 Å². The fourth-order valence-corrected chi connectivity index (χ4v) is 6.01. The van der Waals surface area contributed by atoms with Crippen molar-refractivity contribution in [3.05, 3.63) is 52.8 Å². The first-order valence-corrected chi connectivity index (χ1v) is 12.1. The van der Waals surface area contributed by atoms with E-state index in [1.165, 1.54) is 6.08 Å². The highest BCUT2D eigenvalue weighted by Crippen LogP contribution is 2.33. The molecule has 2 aromatic rings. The van der Waals surface area contributed by atoms with Crippen molar-refractivity contribution >= 4 is 60.6 Å². The van der Waals surface area contributed by atoms with Gasteiger partial charge in [-0.25, -0.2) is 8.42 Å². The largest absolute Gasteiger partial charge is 0.457 e. The van der Waals surface area contributed by atoms with Crippen LogP contribution >= 0.6 is 23.4 Å². The first kappa shape index (κ1) is 21.5. The number of nitrogens with one attached hydrogen (secondary N) is 1. The van der Waals surface area contributed by atoms with Crippen LogP contribution in [0.1, 0.15) is 19.6 Å². The number of halogens is 1. The molecular weight excluding hydrogens is 460 g/mol. The minimum Gasteiger partial charge on any atom is -0.457 e. The second-order valence-electron chi connectivity index (χ2n) is 7.24. The van der Waals surface area contributed by atoms with Crippen LogP contribution in [0, 0.1) is 11.3 Å². The summed E-state index contributed by atoms with van der Waals surface area (Å²) in [5, 5.41) is 14.0. The number of carbonyl (C=O) groups excluding carboxylic acids is 1. The van der Waals surface area contributed by atoms with Gasteiger partial charge in [-0.3, -0.25) is 10.2 Å². The number of benzene rings is 1. The molecule has 2 aliphatic heterocycles. The van der Waals surface area contributed by atoms with E-state index >= 15 is 0 Å². The van der Waals surface area contributed by atoms with E-state index in [9.17, 15) is 13.2 Å². The third kappa shape index (κ3) is 4.23. The second kappa shape index (κ2) is 8.10. The number of amidine groups is 2. The van der Waals surface area contributed by atoms with Crippen LogP contribution in [0.4, 0.5) is 0 Å². The second-order valence-corrected chi connectivity index (χ2v) is 10.8. The number of hydrogen-bond donors (Lipinski definition) is 1. The molecule has 0 saturated carbocycles. The molecule has 3 heterocycles. The normalized spacial score (nSPS) is 17.9. The molecule has 0 atom stereocenters. The summed E-state index contributed by atoms with van der Waals surface area (Å²) in [7, 11) is -3.63. The third-order valence-electron chi connectivity index (χ3n) is 4.31. The lowest BCUT2D eigenvalue weighted by molar-refractivity contribution is -0.114. The summed E-state index contributed by atoms with van der Waals surface area (Å²) in [5.41, 5.74) is 0.635. The number of rotatable bonds is 4. The quantitative estimate of drug-likeness (QED) is 0.659. The number of hydrazone groups is 1. The Morgan fingerprint density at radius 1 is 1.26 bits per heavy atom. The van der Waals surface area contributed by atoms with E-state index in [-0.39, 0.29) is 32.6 Å². The third-order valence-corrected chi connectivity index (χ3v) is 8.07. The van der Waals surface area contributed by atoms with Gasteiger partial charge in [-0.05, 0) is 48.0 Å². The molecule has 0 unspecified atom stereocenters. The molecule has 0 saturated heterocycles. The Hall–Kier alpha value is -2.69. The van der Waals surface area contributed by atoms with Gasteiger partial charge in [-0.15, -0.1) is 5.10 Å². The number of thioether (sulfide) groups is 1. The zero-order valence-electron chi connectivity index (χ0n) is 16.5. The molecule has 0 radical (unpaired) electrons. The average molecular weight is 477 g/mol. The molecule has 31 heavy (non-hydrogen) atoms. The van der Waals surface area contributed by atoms with Crippen LogP contribution in [0.25, 0.3) is 17.4 Å². The summed E-state index contributed by atoms with van der Waals surface area (Å²) in [6.45, 7) is 3.57. The number of furan rings is 1. The molecule has 1 aromatic heterocycles. The monoisotopic (exact) mass is 476 g/mol. The minimum atomic E-state index is -3.63. The van der Waals surface area contributed by atoms with Crippen LogP contribution < -0.4 is 0 Å². The van der Waals surface area contributed by atoms with E-state index in [0.29, 0.717) is 22.1 Å². The number of amides is 1. The van der Waals surface area contributed by atoms with Crippen LogP contribution in [-0.4, -0.2) is 40.5 Å². The van der Waals surface area contributed by atoms with Gasteiger partial charge in [0.25, 0.3) is 5.91 Å². The van der Waals surface area contributed by atoms with Gasteiger partial charge in [-0.2, -0.15) is 10.0 Å². The fourth-order valence-electron chi connectivity index (χ4n) is 2.99. The van der Waals surface area contributed by atoms with Gasteiger partial charge in [0.2, 0.25) is 19.4 Å². The Balaban J connectivity index is 1.64. The number of nitrogens with zero attached hydrogens (tertiary/aromatic N) is 3. The molecule has 1 amide bonds. The van der Waals surface area contributed by atoms with Gasteiger partial charge in [0.05, 0.1) is 16.3 Å². The van der Waals surface area contributed by atoms with E-state index in [0.717, 1.165) is 16.8 Å². The number of fused-ring (bicyclic) bond motifs is 1. The highest BCUT2D eigenvalue weighted by Gasteiger charge is 2.40. The molecule has 11 heteroatoms. The number of aliphatic imine (C=N–C) groups is 1. The van der Waals surface area contributed by atoms with Crippen LogP contribution in [0.5, 0.6) is 0 Å². The molecule has 0 spiro atoms. The Bertz CT molecular complexity index is 1290. The number of hydrogen-bond acceptors (Lipinski definition) is 7. The van der Waals surface area contributed by atoms with Gasteiger partial charge in [0.15, 0.2) is 5.84 Å². The lowest BCUT2D eigenvalue weighted by Gasteiger charge is -2.19. The van der Waals surface area contributed by atoms with E-state index in [4.69, 9.17) is 21.4 Å². The van der Waals surface area contributed by atoms with Gasteiger partial charge in [0, 0.05) is 5.56 Å². The highest BCUT2D eigenvalue weighted by molar-refractivity contribution is 8.42. The summed E-state index contributed by atoms with van der Waals surface area (Å²) in [6, 6.07) is 10.5. The zero-order chi connectivity index (χ0) is 22.3. The first-order valence-electron chi connectivity index (χ1n) is 9.23. The predicted molar refractivity (Wildman–Crippen MR) is 123 cm³/mol. The lowest BCUT2D eigenvalue weighted by atomic mass is 10.1. The molecule has 0 aliphatic carbocycles. The summed E-state index contributed by atoms with van der Waals surface area (Å²) in [4.78, 5) is 16.4. The Kier molecular flexibility index (Phi) is 5.63. The smallest absolute Gasteiger partial charge is 0.283 e. The van der Waals surface area contributed by atoms with Crippen LogP contribution in [0.3, 0.4) is 0 Å². The van der Waals surface area contributed by atoms with Gasteiger partial charge in [-0.1, -0.05) is 37.6 Å². The van der Waals surface area contributed by atoms with Gasteiger partial charge >= 0.3 is 0 Å². The van der Waals surface area contributed by atoms with Crippen molar-refractivity contribution in [2.45, 2.75) is 13.8 Å². The maximum absolute atomic E-state index is 12.5. The van der Waals surface area contributed by atoms with Gasteiger partial charge in [0.1, 0.15) is 11.5 Å². The van der Waals surface area contributed by atoms with Crippen LogP contribution in [-0.2, 0) is 14.6 Å².